The smallest absolute Gasteiger partial charge is 0.0483 e. The van der Waals surface area contributed by atoms with Crippen molar-refractivity contribution in [1.29, 1.82) is 0 Å². The molecule has 0 spiro atoms. The number of hydrogen-bond acceptors (Lipinski definition) is 1. The van der Waals surface area contributed by atoms with E-state index in [-0.39, 0.29) is 0 Å². The fourth-order valence-corrected chi connectivity index (χ4v) is 2.55. The lowest BCUT2D eigenvalue weighted by Gasteiger charge is -2.07. The van der Waals surface area contributed by atoms with Gasteiger partial charge in [0.05, 0.1) is 0 Å². The van der Waals surface area contributed by atoms with Gasteiger partial charge in [-0.15, -0.1) is 0 Å². The molecule has 0 aliphatic heterocycles. The zero-order valence-electron chi connectivity index (χ0n) is 11.3. The Bertz CT molecular complexity index is 535. The molecule has 1 aromatic heterocycles. The molecular weight excluding hydrogens is 220 g/mol. The maximum absolute atomic E-state index is 3.62. The van der Waals surface area contributed by atoms with Crippen molar-refractivity contribution in [2.24, 2.45) is 5.92 Å². The first-order chi connectivity index (χ1) is 8.74. The molecule has 0 bridgehead atoms. The van der Waals surface area contributed by atoms with Gasteiger partial charge in [0.25, 0.3) is 0 Å². The third-order valence-electron chi connectivity index (χ3n) is 3.59. The lowest BCUT2D eigenvalue weighted by atomic mass is 10.2. The molecule has 1 saturated carbocycles. The van der Waals surface area contributed by atoms with Crippen molar-refractivity contribution < 1.29 is 0 Å². The van der Waals surface area contributed by atoms with Crippen LogP contribution in [0.3, 0.4) is 0 Å². The first-order valence-electron chi connectivity index (χ1n) is 7.04. The quantitative estimate of drug-likeness (QED) is 0.848. The highest BCUT2D eigenvalue weighted by molar-refractivity contribution is 5.83. The number of benzene rings is 1. The van der Waals surface area contributed by atoms with Gasteiger partial charge in [0.1, 0.15) is 0 Å². The maximum Gasteiger partial charge on any atom is 0.0483 e. The van der Waals surface area contributed by atoms with Crippen LogP contribution in [0.2, 0.25) is 0 Å². The summed E-state index contributed by atoms with van der Waals surface area (Å²) in [6.45, 7) is 6.66. The number of nitrogens with zero attached hydrogens (tertiary/aromatic N) is 1. The molecule has 1 aliphatic carbocycles. The van der Waals surface area contributed by atoms with E-state index in [2.05, 4.69) is 54.2 Å². The molecule has 0 radical (unpaired) electrons. The normalized spacial score (nSPS) is 15.7. The number of aromatic nitrogens is 1. The third-order valence-corrected chi connectivity index (χ3v) is 3.59. The molecule has 1 N–H and O–H groups in total. The lowest BCUT2D eigenvalue weighted by Crippen LogP contribution is -2.15. The van der Waals surface area contributed by atoms with E-state index in [1.54, 1.807) is 0 Å². The average molecular weight is 242 g/mol. The zero-order chi connectivity index (χ0) is 12.5. The monoisotopic (exact) mass is 242 g/mol. The van der Waals surface area contributed by atoms with E-state index < -0.39 is 0 Å². The molecule has 0 unspecified atom stereocenters. The predicted molar refractivity (Wildman–Crippen MR) is 76.6 cm³/mol. The van der Waals surface area contributed by atoms with Crippen LogP contribution in [0.1, 0.15) is 32.3 Å². The minimum atomic E-state index is 0.685. The second kappa shape index (κ2) is 4.77. The van der Waals surface area contributed by atoms with Crippen LogP contribution in [0.15, 0.2) is 30.5 Å². The van der Waals surface area contributed by atoms with Gasteiger partial charge in [-0.05, 0) is 30.4 Å². The van der Waals surface area contributed by atoms with Crippen molar-refractivity contribution in [3.8, 4) is 0 Å². The van der Waals surface area contributed by atoms with Crippen LogP contribution in [0.4, 0.5) is 0 Å². The molecule has 0 saturated heterocycles. The summed E-state index contributed by atoms with van der Waals surface area (Å²) in [4.78, 5) is 0. The first-order valence-corrected chi connectivity index (χ1v) is 7.04. The van der Waals surface area contributed by atoms with Gasteiger partial charge in [-0.25, -0.2) is 0 Å². The highest BCUT2D eigenvalue weighted by atomic mass is 15.0. The summed E-state index contributed by atoms with van der Waals surface area (Å²) in [5, 5.41) is 5.03. The lowest BCUT2D eigenvalue weighted by molar-refractivity contribution is 0.533. The van der Waals surface area contributed by atoms with E-state index in [4.69, 9.17) is 0 Å². The minimum absolute atomic E-state index is 0.685. The van der Waals surface area contributed by atoms with Crippen molar-refractivity contribution in [2.45, 2.75) is 45.8 Å². The molecular formula is C16H22N2. The zero-order valence-corrected chi connectivity index (χ0v) is 11.3. The van der Waals surface area contributed by atoms with Gasteiger partial charge in [0, 0.05) is 36.2 Å². The van der Waals surface area contributed by atoms with Gasteiger partial charge in [-0.3, -0.25) is 0 Å². The summed E-state index contributed by atoms with van der Waals surface area (Å²) < 4.78 is 2.41. The Hall–Kier alpha value is -1.28. The van der Waals surface area contributed by atoms with Crippen LogP contribution >= 0.6 is 0 Å². The van der Waals surface area contributed by atoms with Crippen LogP contribution in [-0.4, -0.2) is 10.6 Å². The number of fused-ring (bicyclic) bond motifs is 1. The van der Waals surface area contributed by atoms with E-state index in [9.17, 15) is 0 Å². The summed E-state index contributed by atoms with van der Waals surface area (Å²) in [5.41, 5.74) is 2.82. The molecule has 96 valence electrons. The molecule has 2 nitrogen and oxygen atoms in total. The Morgan fingerprint density at radius 2 is 2.06 bits per heavy atom. The average Bonchev–Trinajstić information content (AvgIpc) is 3.11. The molecule has 2 aromatic rings. The molecule has 0 atom stereocenters. The van der Waals surface area contributed by atoms with E-state index >= 15 is 0 Å². The van der Waals surface area contributed by atoms with Crippen molar-refractivity contribution in [1.82, 2.24) is 9.88 Å². The number of hydrogen-bond donors (Lipinski definition) is 1. The van der Waals surface area contributed by atoms with E-state index in [0.29, 0.717) is 5.92 Å². The molecule has 1 fully saturated rings. The van der Waals surface area contributed by atoms with Gasteiger partial charge >= 0.3 is 0 Å². The van der Waals surface area contributed by atoms with E-state index in [1.165, 1.54) is 29.3 Å². The van der Waals surface area contributed by atoms with E-state index in [1.807, 2.05) is 0 Å². The largest absolute Gasteiger partial charge is 0.347 e. The Balaban J connectivity index is 1.91. The minimum Gasteiger partial charge on any atom is -0.347 e. The van der Waals surface area contributed by atoms with Gasteiger partial charge in [0.15, 0.2) is 0 Å². The molecule has 18 heavy (non-hydrogen) atoms. The molecule has 1 heterocycles. The van der Waals surface area contributed by atoms with Crippen LogP contribution < -0.4 is 5.32 Å². The summed E-state index contributed by atoms with van der Waals surface area (Å²) >= 11 is 0. The summed E-state index contributed by atoms with van der Waals surface area (Å²) in [7, 11) is 0. The number of rotatable bonds is 5. The summed E-state index contributed by atoms with van der Waals surface area (Å²) in [6.07, 6.45) is 5.04. The fourth-order valence-electron chi connectivity index (χ4n) is 2.55. The first kappa shape index (κ1) is 11.8. The molecule has 3 rings (SSSR count). The van der Waals surface area contributed by atoms with Gasteiger partial charge < -0.3 is 9.88 Å². The van der Waals surface area contributed by atoms with E-state index in [0.717, 1.165) is 19.1 Å². The standard InChI is InChI=1S/C16H22N2/c1-12(2)10-18-11-13(9-17-14-7-8-14)15-5-3-4-6-16(15)18/h3-6,11-12,14,17H,7-10H2,1-2H3. The molecule has 0 amide bonds. The van der Waals surface area contributed by atoms with Gasteiger partial charge in [0.2, 0.25) is 0 Å². The van der Waals surface area contributed by atoms with Crippen molar-refractivity contribution in [3.05, 3.63) is 36.0 Å². The van der Waals surface area contributed by atoms with Gasteiger partial charge in [-0.1, -0.05) is 32.0 Å². The predicted octanol–water partition coefficient (Wildman–Crippen LogP) is 3.55. The van der Waals surface area contributed by atoms with Crippen molar-refractivity contribution in [2.75, 3.05) is 0 Å². The van der Waals surface area contributed by atoms with Crippen LogP contribution in [-0.2, 0) is 13.1 Å². The summed E-state index contributed by atoms with van der Waals surface area (Å²) in [5.74, 6) is 0.685. The SMILES string of the molecule is CC(C)Cn1cc(CNC2CC2)c2ccccc21. The van der Waals surface area contributed by atoms with Gasteiger partial charge in [-0.2, -0.15) is 0 Å². The van der Waals surface area contributed by atoms with Crippen LogP contribution in [0, 0.1) is 5.92 Å². The summed E-state index contributed by atoms with van der Waals surface area (Å²) in [6, 6.07) is 9.53. The Morgan fingerprint density at radius 1 is 1.28 bits per heavy atom. The highest BCUT2D eigenvalue weighted by Gasteiger charge is 2.20. The number of para-hydroxylation sites is 1. The Morgan fingerprint density at radius 3 is 2.78 bits per heavy atom. The van der Waals surface area contributed by atoms with Crippen molar-refractivity contribution >= 4 is 10.9 Å². The highest BCUT2D eigenvalue weighted by Crippen LogP contribution is 2.24. The van der Waals surface area contributed by atoms with Crippen LogP contribution in [0.5, 0.6) is 0 Å². The topological polar surface area (TPSA) is 17.0 Å². The van der Waals surface area contributed by atoms with Crippen molar-refractivity contribution in [3.63, 3.8) is 0 Å². The second-order valence-corrected chi connectivity index (χ2v) is 5.87. The molecule has 1 aromatic carbocycles. The number of nitrogens with one attached hydrogen (secondary N) is 1. The third kappa shape index (κ3) is 2.44. The molecule has 2 heteroatoms. The fraction of sp³-hybridized carbons (Fsp3) is 0.500. The maximum atomic E-state index is 3.62. The Kier molecular flexibility index (Phi) is 3.13. The Labute approximate surface area is 109 Å². The van der Waals surface area contributed by atoms with Crippen LogP contribution in [0.25, 0.3) is 10.9 Å². The molecule has 1 aliphatic rings. The second-order valence-electron chi connectivity index (χ2n) is 5.87.